The van der Waals surface area contributed by atoms with Crippen LogP contribution in [0.3, 0.4) is 0 Å². The van der Waals surface area contributed by atoms with Gasteiger partial charge in [-0.1, -0.05) is 6.07 Å². The fourth-order valence-corrected chi connectivity index (χ4v) is 2.10. The van der Waals surface area contributed by atoms with Crippen LogP contribution < -0.4 is 0 Å². The van der Waals surface area contributed by atoms with Gasteiger partial charge < -0.3 is 4.98 Å². The van der Waals surface area contributed by atoms with Gasteiger partial charge in [0.15, 0.2) is 17.4 Å². The average molecular weight is 275 g/mol. The molecule has 0 atom stereocenters. The highest BCUT2D eigenvalue weighted by Crippen LogP contribution is 2.23. The van der Waals surface area contributed by atoms with E-state index in [1.807, 2.05) is 0 Å². The van der Waals surface area contributed by atoms with Crippen molar-refractivity contribution in [2.75, 3.05) is 0 Å². The molecule has 0 aliphatic carbocycles. The number of H-pyrrole nitrogens is 1. The maximum atomic E-state index is 13.6. The molecule has 0 aliphatic rings. The van der Waals surface area contributed by atoms with E-state index in [0.29, 0.717) is 10.9 Å². The van der Waals surface area contributed by atoms with E-state index in [0.717, 1.165) is 6.07 Å². The molecule has 1 heterocycles. The molecule has 20 heavy (non-hydrogen) atoms. The lowest BCUT2D eigenvalue weighted by Gasteiger charge is -2.02. The van der Waals surface area contributed by atoms with Crippen LogP contribution in [0.15, 0.2) is 42.6 Å². The first-order valence-electron chi connectivity index (χ1n) is 5.83. The minimum atomic E-state index is -1.21. The summed E-state index contributed by atoms with van der Waals surface area (Å²) in [7, 11) is 0. The van der Waals surface area contributed by atoms with Crippen molar-refractivity contribution in [3.8, 4) is 0 Å². The van der Waals surface area contributed by atoms with Gasteiger partial charge in [0.2, 0.25) is 0 Å². The number of aromatic amines is 1. The molecule has 0 fully saturated rings. The second-order valence-corrected chi connectivity index (χ2v) is 4.32. The highest BCUT2D eigenvalue weighted by atomic mass is 19.2. The first kappa shape index (κ1) is 12.5. The summed E-state index contributed by atoms with van der Waals surface area (Å²) in [5.41, 5.74) is 0.269. The zero-order valence-corrected chi connectivity index (χ0v) is 10.1. The summed E-state index contributed by atoms with van der Waals surface area (Å²) < 4.78 is 40.1. The molecular formula is C15H8F3NO. The third-order valence-corrected chi connectivity index (χ3v) is 3.08. The minimum Gasteiger partial charge on any atom is -0.360 e. The summed E-state index contributed by atoms with van der Waals surface area (Å²) >= 11 is 0. The first-order chi connectivity index (χ1) is 9.58. The molecule has 1 N–H and O–H groups in total. The van der Waals surface area contributed by atoms with Crippen LogP contribution in [0.25, 0.3) is 10.9 Å². The Morgan fingerprint density at radius 2 is 1.80 bits per heavy atom. The third-order valence-electron chi connectivity index (χ3n) is 3.08. The van der Waals surface area contributed by atoms with E-state index in [2.05, 4.69) is 4.98 Å². The predicted octanol–water partition coefficient (Wildman–Crippen LogP) is 3.82. The topological polar surface area (TPSA) is 32.9 Å². The average Bonchev–Trinajstić information content (AvgIpc) is 2.84. The number of aromatic nitrogens is 1. The maximum Gasteiger partial charge on any atom is 0.198 e. The monoisotopic (exact) mass is 275 g/mol. The second-order valence-electron chi connectivity index (χ2n) is 4.32. The number of ketones is 1. The van der Waals surface area contributed by atoms with Crippen LogP contribution in [0.4, 0.5) is 13.2 Å². The van der Waals surface area contributed by atoms with Crippen LogP contribution in [0.2, 0.25) is 0 Å². The number of carbonyl (C=O) groups excluding carboxylic acids is 1. The van der Waals surface area contributed by atoms with Gasteiger partial charge in [-0.15, -0.1) is 0 Å². The summed E-state index contributed by atoms with van der Waals surface area (Å²) in [6.45, 7) is 0. The highest BCUT2D eigenvalue weighted by Gasteiger charge is 2.19. The lowest BCUT2D eigenvalue weighted by atomic mass is 10.0. The molecule has 2 nitrogen and oxygen atoms in total. The van der Waals surface area contributed by atoms with Crippen molar-refractivity contribution in [1.82, 2.24) is 4.98 Å². The van der Waals surface area contributed by atoms with E-state index in [1.54, 1.807) is 0 Å². The minimum absolute atomic E-state index is 0.101. The Kier molecular flexibility index (Phi) is 2.82. The summed E-state index contributed by atoms with van der Waals surface area (Å²) in [5.74, 6) is -3.50. The van der Waals surface area contributed by atoms with Gasteiger partial charge in [-0.25, -0.2) is 13.2 Å². The molecule has 0 saturated heterocycles. The van der Waals surface area contributed by atoms with E-state index in [9.17, 15) is 18.0 Å². The van der Waals surface area contributed by atoms with E-state index in [4.69, 9.17) is 0 Å². The van der Waals surface area contributed by atoms with Crippen LogP contribution in [0, 0.1) is 17.5 Å². The Bertz CT molecular complexity index is 823. The first-order valence-corrected chi connectivity index (χ1v) is 5.83. The summed E-state index contributed by atoms with van der Waals surface area (Å²) in [5, 5.41) is 0.332. The Hall–Kier alpha value is -2.56. The third kappa shape index (κ3) is 1.87. The smallest absolute Gasteiger partial charge is 0.198 e. The van der Waals surface area contributed by atoms with Gasteiger partial charge >= 0.3 is 0 Å². The van der Waals surface area contributed by atoms with Crippen molar-refractivity contribution >= 4 is 16.7 Å². The molecule has 1 aromatic heterocycles. The van der Waals surface area contributed by atoms with Gasteiger partial charge in [-0.3, -0.25) is 4.79 Å². The number of hydrogen-bond donors (Lipinski definition) is 1. The standard InChI is InChI=1S/C15H8F3NO/c16-8-4-5-13-10(6-8)11(7-19-13)15(20)9-2-1-3-12(17)14(9)18/h1-7,19H. The van der Waals surface area contributed by atoms with Gasteiger partial charge in [0.25, 0.3) is 0 Å². The Morgan fingerprint density at radius 3 is 2.60 bits per heavy atom. The van der Waals surface area contributed by atoms with Crippen LogP contribution in [0.1, 0.15) is 15.9 Å². The van der Waals surface area contributed by atoms with E-state index >= 15 is 0 Å². The molecule has 0 spiro atoms. The van der Waals surface area contributed by atoms with Crippen LogP contribution in [-0.2, 0) is 0 Å². The number of halogens is 3. The SMILES string of the molecule is O=C(c1cccc(F)c1F)c1c[nH]c2ccc(F)cc12. The van der Waals surface area contributed by atoms with Crippen LogP contribution >= 0.6 is 0 Å². The molecule has 2 aromatic carbocycles. The Balaban J connectivity index is 2.18. The second kappa shape index (κ2) is 4.52. The molecule has 3 aromatic rings. The normalized spacial score (nSPS) is 10.9. The van der Waals surface area contributed by atoms with Crippen molar-refractivity contribution in [2.24, 2.45) is 0 Å². The zero-order valence-electron chi connectivity index (χ0n) is 10.1. The van der Waals surface area contributed by atoms with Crippen molar-refractivity contribution < 1.29 is 18.0 Å². The number of hydrogen-bond acceptors (Lipinski definition) is 1. The van der Waals surface area contributed by atoms with Gasteiger partial charge in [-0.2, -0.15) is 0 Å². The predicted molar refractivity (Wildman–Crippen MR) is 68.0 cm³/mol. The van der Waals surface area contributed by atoms with Gasteiger partial charge in [-0.05, 0) is 30.3 Å². The fourth-order valence-electron chi connectivity index (χ4n) is 2.10. The van der Waals surface area contributed by atoms with Crippen molar-refractivity contribution in [3.63, 3.8) is 0 Å². The van der Waals surface area contributed by atoms with Gasteiger partial charge in [0.1, 0.15) is 5.82 Å². The van der Waals surface area contributed by atoms with Gasteiger partial charge in [0.05, 0.1) is 5.56 Å². The van der Waals surface area contributed by atoms with Crippen molar-refractivity contribution in [2.45, 2.75) is 0 Å². The lowest BCUT2D eigenvalue weighted by Crippen LogP contribution is -2.05. The number of rotatable bonds is 2. The molecule has 100 valence electrons. The number of carbonyl (C=O) groups is 1. The Labute approximate surface area is 111 Å². The van der Waals surface area contributed by atoms with Crippen molar-refractivity contribution in [3.05, 3.63) is 71.2 Å². The van der Waals surface area contributed by atoms with Crippen LogP contribution in [-0.4, -0.2) is 10.8 Å². The van der Waals surface area contributed by atoms with Crippen molar-refractivity contribution in [1.29, 1.82) is 0 Å². The quantitative estimate of drug-likeness (QED) is 0.709. The largest absolute Gasteiger partial charge is 0.360 e. The molecular weight excluding hydrogens is 267 g/mol. The molecule has 3 rings (SSSR count). The highest BCUT2D eigenvalue weighted by molar-refractivity contribution is 6.16. The molecule has 0 radical (unpaired) electrons. The van der Waals surface area contributed by atoms with Crippen LogP contribution in [0.5, 0.6) is 0 Å². The Morgan fingerprint density at radius 1 is 1.00 bits per heavy atom. The molecule has 0 unspecified atom stereocenters. The zero-order chi connectivity index (χ0) is 14.3. The number of benzene rings is 2. The lowest BCUT2D eigenvalue weighted by molar-refractivity contribution is 0.103. The van der Waals surface area contributed by atoms with E-state index < -0.39 is 23.2 Å². The number of fused-ring (bicyclic) bond motifs is 1. The molecule has 0 aliphatic heterocycles. The summed E-state index contributed by atoms with van der Waals surface area (Å²) in [4.78, 5) is 15.1. The maximum absolute atomic E-state index is 13.6. The molecule has 0 amide bonds. The molecule has 5 heteroatoms. The summed E-state index contributed by atoms with van der Waals surface area (Å²) in [6, 6.07) is 7.27. The number of nitrogens with one attached hydrogen (secondary N) is 1. The van der Waals surface area contributed by atoms with E-state index in [-0.39, 0.29) is 11.1 Å². The van der Waals surface area contributed by atoms with Gasteiger partial charge in [0, 0.05) is 22.7 Å². The molecule has 0 bridgehead atoms. The van der Waals surface area contributed by atoms with E-state index in [1.165, 1.54) is 36.5 Å². The molecule has 0 saturated carbocycles. The summed E-state index contributed by atoms with van der Waals surface area (Å²) in [6.07, 6.45) is 1.36. The fraction of sp³-hybridized carbons (Fsp3) is 0.